The lowest BCUT2D eigenvalue weighted by molar-refractivity contribution is 0.484. The number of halogens is 3. The summed E-state index contributed by atoms with van der Waals surface area (Å²) in [6, 6.07) is 6.47. The maximum atomic E-state index is 13.5. The minimum atomic E-state index is -3.22. The minimum Gasteiger partial charge on any atom is -0.224 e. The van der Waals surface area contributed by atoms with Crippen LogP contribution in [0.3, 0.4) is 0 Å². The van der Waals surface area contributed by atoms with Gasteiger partial charge in [-0.05, 0) is 52.0 Å². The molecule has 2 rings (SSSR count). The molecule has 0 aliphatic heterocycles. The molecule has 0 heterocycles. The van der Waals surface area contributed by atoms with Gasteiger partial charge in [0.2, 0.25) is 0 Å². The number of rotatable bonds is 4. The Morgan fingerprint density at radius 1 is 1.24 bits per heavy atom. The summed E-state index contributed by atoms with van der Waals surface area (Å²) >= 11 is 2.87. The molecular weight excluding hydrogens is 362 g/mol. The van der Waals surface area contributed by atoms with Crippen LogP contribution < -0.4 is 0 Å². The second-order valence-electron chi connectivity index (χ2n) is 4.95. The molecule has 6 heteroatoms. The summed E-state index contributed by atoms with van der Waals surface area (Å²) in [5.41, 5.74) is 0.852. The van der Waals surface area contributed by atoms with E-state index < -0.39 is 21.5 Å². The average molecular weight is 377 g/mol. The molecule has 0 spiro atoms. The molecule has 0 N–H and O–H groups in total. The number of hydrogen-bond acceptors (Lipinski definition) is 2. The predicted octanol–water partition coefficient (Wildman–Crippen LogP) is 4.47. The van der Waals surface area contributed by atoms with Gasteiger partial charge in [0.1, 0.15) is 11.7 Å². The van der Waals surface area contributed by atoms with Crippen LogP contribution in [0.4, 0.5) is 8.78 Å². The fourth-order valence-corrected chi connectivity index (χ4v) is 3.40. The highest BCUT2D eigenvalue weighted by atomic mass is 79.9. The van der Waals surface area contributed by atoms with Crippen molar-refractivity contribution in [2.75, 3.05) is 5.75 Å². The van der Waals surface area contributed by atoms with Crippen molar-refractivity contribution in [3.05, 3.63) is 52.0 Å². The van der Waals surface area contributed by atoms with Gasteiger partial charge in [0.25, 0.3) is 0 Å². The molecule has 1 aliphatic rings. The first kappa shape index (κ1) is 16.4. The lowest BCUT2D eigenvalue weighted by atomic mass is 9.92. The van der Waals surface area contributed by atoms with E-state index in [1.54, 1.807) is 31.2 Å². The number of benzene rings is 1. The van der Waals surface area contributed by atoms with E-state index in [9.17, 15) is 17.2 Å². The Bertz CT molecular complexity index is 691. The second kappa shape index (κ2) is 6.40. The number of hydrogen-bond donors (Lipinski definition) is 0. The molecule has 2 nitrogen and oxygen atoms in total. The monoisotopic (exact) mass is 376 g/mol. The van der Waals surface area contributed by atoms with Gasteiger partial charge in [-0.15, -0.1) is 0 Å². The Morgan fingerprint density at radius 3 is 2.38 bits per heavy atom. The SMILES string of the molecule is CCS(=O)(=O)c1ccc(CC2C=C(F)C(Br)=C(F)C2)cc1. The van der Waals surface area contributed by atoms with Crippen LogP contribution in [0.25, 0.3) is 0 Å². The first-order valence-electron chi connectivity index (χ1n) is 6.57. The number of allylic oxidation sites excluding steroid dienone is 4. The first-order chi connectivity index (χ1) is 9.83. The molecule has 0 aromatic heterocycles. The standard InChI is InChI=1S/C15H15BrF2O2S/c1-2-21(19,20)12-5-3-10(4-6-12)7-11-8-13(17)15(16)14(18)9-11/h3-6,8,11H,2,7,9H2,1H3. The summed E-state index contributed by atoms with van der Waals surface area (Å²) in [7, 11) is -3.22. The third-order valence-electron chi connectivity index (χ3n) is 3.43. The Balaban J connectivity index is 2.12. The molecule has 0 amide bonds. The summed E-state index contributed by atoms with van der Waals surface area (Å²) in [4.78, 5) is 0.271. The zero-order chi connectivity index (χ0) is 15.6. The van der Waals surface area contributed by atoms with Crippen molar-refractivity contribution < 1.29 is 17.2 Å². The van der Waals surface area contributed by atoms with Crippen LogP contribution in [-0.4, -0.2) is 14.2 Å². The van der Waals surface area contributed by atoms with Crippen molar-refractivity contribution in [2.45, 2.75) is 24.7 Å². The molecule has 21 heavy (non-hydrogen) atoms. The van der Waals surface area contributed by atoms with Crippen LogP contribution >= 0.6 is 15.9 Å². The van der Waals surface area contributed by atoms with Gasteiger partial charge in [-0.25, -0.2) is 17.2 Å². The van der Waals surface area contributed by atoms with Crippen LogP contribution in [0.2, 0.25) is 0 Å². The normalized spacial score (nSPS) is 19.6. The quantitative estimate of drug-likeness (QED) is 0.776. The third-order valence-corrected chi connectivity index (χ3v) is 5.99. The van der Waals surface area contributed by atoms with Gasteiger partial charge in [-0.2, -0.15) is 0 Å². The van der Waals surface area contributed by atoms with Crippen LogP contribution in [-0.2, 0) is 16.3 Å². The Kier molecular flexibility index (Phi) is 4.99. The molecule has 0 saturated carbocycles. The van der Waals surface area contributed by atoms with E-state index in [1.807, 2.05) is 0 Å². The van der Waals surface area contributed by atoms with E-state index >= 15 is 0 Å². The Hall–Kier alpha value is -1.01. The van der Waals surface area contributed by atoms with E-state index in [2.05, 4.69) is 15.9 Å². The van der Waals surface area contributed by atoms with Gasteiger partial charge in [0.15, 0.2) is 9.84 Å². The molecule has 1 unspecified atom stereocenters. The van der Waals surface area contributed by atoms with Crippen molar-refractivity contribution in [1.29, 1.82) is 0 Å². The fourth-order valence-electron chi connectivity index (χ4n) is 2.22. The maximum absolute atomic E-state index is 13.5. The van der Waals surface area contributed by atoms with Crippen molar-refractivity contribution in [3.63, 3.8) is 0 Å². The van der Waals surface area contributed by atoms with Gasteiger partial charge in [0.05, 0.1) is 15.1 Å². The largest absolute Gasteiger partial charge is 0.224 e. The van der Waals surface area contributed by atoms with Crippen molar-refractivity contribution in [1.82, 2.24) is 0 Å². The molecule has 114 valence electrons. The highest BCUT2D eigenvalue weighted by Crippen LogP contribution is 2.35. The molecule has 1 atom stereocenters. The van der Waals surface area contributed by atoms with E-state index in [0.717, 1.165) is 5.56 Å². The minimum absolute atomic E-state index is 0.0486. The van der Waals surface area contributed by atoms with Crippen molar-refractivity contribution in [3.8, 4) is 0 Å². The van der Waals surface area contributed by atoms with Gasteiger partial charge in [-0.1, -0.05) is 19.1 Å². The lowest BCUT2D eigenvalue weighted by Gasteiger charge is -2.17. The van der Waals surface area contributed by atoms with Gasteiger partial charge >= 0.3 is 0 Å². The Labute approximate surface area is 131 Å². The Morgan fingerprint density at radius 2 is 1.86 bits per heavy atom. The molecule has 1 aliphatic carbocycles. The summed E-state index contributed by atoms with van der Waals surface area (Å²) in [5, 5.41) is 0. The smallest absolute Gasteiger partial charge is 0.178 e. The topological polar surface area (TPSA) is 34.1 Å². The predicted molar refractivity (Wildman–Crippen MR) is 82.2 cm³/mol. The van der Waals surface area contributed by atoms with Crippen molar-refractivity contribution >= 4 is 25.8 Å². The summed E-state index contributed by atoms with van der Waals surface area (Å²) in [6.07, 6.45) is 2.00. The molecular formula is C15H15BrF2O2S. The van der Waals surface area contributed by atoms with Gasteiger partial charge in [0, 0.05) is 6.42 Å². The summed E-state index contributed by atoms with van der Waals surface area (Å²) < 4.78 is 50.3. The highest BCUT2D eigenvalue weighted by Gasteiger charge is 2.21. The molecule has 0 fully saturated rings. The summed E-state index contributed by atoms with van der Waals surface area (Å²) in [6.45, 7) is 1.59. The van der Waals surface area contributed by atoms with Crippen molar-refractivity contribution in [2.24, 2.45) is 5.92 Å². The van der Waals surface area contributed by atoms with Crippen LogP contribution in [0.1, 0.15) is 18.9 Å². The maximum Gasteiger partial charge on any atom is 0.178 e. The zero-order valence-electron chi connectivity index (χ0n) is 11.4. The molecule has 0 radical (unpaired) electrons. The molecule has 1 aromatic carbocycles. The van der Waals surface area contributed by atoms with Gasteiger partial charge in [-0.3, -0.25) is 0 Å². The van der Waals surface area contributed by atoms with Crippen LogP contribution in [0, 0.1) is 5.92 Å². The van der Waals surface area contributed by atoms with Crippen LogP contribution in [0.5, 0.6) is 0 Å². The highest BCUT2D eigenvalue weighted by molar-refractivity contribution is 9.12. The zero-order valence-corrected chi connectivity index (χ0v) is 13.8. The lowest BCUT2D eigenvalue weighted by Crippen LogP contribution is -2.08. The number of sulfone groups is 1. The van der Waals surface area contributed by atoms with E-state index in [-0.39, 0.29) is 27.5 Å². The second-order valence-corrected chi connectivity index (χ2v) is 8.02. The van der Waals surface area contributed by atoms with E-state index in [1.165, 1.54) is 6.08 Å². The average Bonchev–Trinajstić information content (AvgIpc) is 2.45. The van der Waals surface area contributed by atoms with Crippen LogP contribution in [0.15, 0.2) is 51.4 Å². The fraction of sp³-hybridized carbons (Fsp3) is 0.333. The van der Waals surface area contributed by atoms with E-state index in [0.29, 0.717) is 6.42 Å². The third kappa shape index (κ3) is 3.80. The summed E-state index contributed by atoms with van der Waals surface area (Å²) in [5.74, 6) is -1.30. The molecule has 1 aromatic rings. The molecule has 0 bridgehead atoms. The molecule has 0 saturated heterocycles. The van der Waals surface area contributed by atoms with E-state index in [4.69, 9.17) is 0 Å². The van der Waals surface area contributed by atoms with Gasteiger partial charge < -0.3 is 0 Å². The first-order valence-corrected chi connectivity index (χ1v) is 9.01.